The van der Waals surface area contributed by atoms with Crippen molar-refractivity contribution in [1.82, 2.24) is 10.2 Å². The minimum atomic E-state index is -3.88. The molecule has 1 heterocycles. The Morgan fingerprint density at radius 2 is 2.00 bits per heavy atom. The molecule has 0 bridgehead atoms. The van der Waals surface area contributed by atoms with E-state index in [2.05, 4.69) is 14.9 Å². The molecule has 0 amide bonds. The maximum atomic E-state index is 12.2. The number of aromatic amines is 1. The summed E-state index contributed by atoms with van der Waals surface area (Å²) >= 11 is 0. The quantitative estimate of drug-likeness (QED) is 0.791. The van der Waals surface area contributed by atoms with Crippen molar-refractivity contribution in [3.8, 4) is 0 Å². The molecular weight excluding hydrogens is 282 g/mol. The molecule has 0 aliphatic rings. The van der Waals surface area contributed by atoms with Gasteiger partial charge in [-0.15, -0.1) is 0 Å². The van der Waals surface area contributed by atoms with Crippen LogP contribution in [0.3, 0.4) is 0 Å². The third-order valence-corrected chi connectivity index (χ3v) is 4.17. The first kappa shape index (κ1) is 14.1. The van der Waals surface area contributed by atoms with Crippen LogP contribution in [0.2, 0.25) is 0 Å². The van der Waals surface area contributed by atoms with Gasteiger partial charge in [0.05, 0.1) is 10.5 Å². The average molecular weight is 295 g/mol. The maximum absolute atomic E-state index is 12.2. The summed E-state index contributed by atoms with van der Waals surface area (Å²) in [6.07, 6.45) is 0. The molecule has 0 spiro atoms. The number of rotatable bonds is 4. The molecule has 0 atom stereocenters. The predicted octanol–water partition coefficient (Wildman–Crippen LogP) is 1.53. The highest BCUT2D eigenvalue weighted by molar-refractivity contribution is 7.92. The lowest BCUT2D eigenvalue weighted by atomic mass is 10.1. The fourth-order valence-corrected chi connectivity index (χ4v) is 2.95. The molecule has 8 heteroatoms. The lowest BCUT2D eigenvalue weighted by molar-refractivity contribution is 0.0696. The number of aromatic carboxylic acids is 1. The van der Waals surface area contributed by atoms with E-state index in [4.69, 9.17) is 5.11 Å². The first-order valence-electron chi connectivity index (χ1n) is 5.68. The largest absolute Gasteiger partial charge is 0.478 e. The summed E-state index contributed by atoms with van der Waals surface area (Å²) in [7, 11) is -3.88. The van der Waals surface area contributed by atoms with Crippen molar-refractivity contribution in [1.29, 1.82) is 0 Å². The standard InChI is InChI=1S/C12H13N3O4S/c1-7-3-4-9(12(16)17)6-10(7)20(18,19)15-11-5-8(2)13-14-11/h3-6H,1-2H3,(H,16,17)(H2,13,14,15). The van der Waals surface area contributed by atoms with Gasteiger partial charge in [0.25, 0.3) is 10.0 Å². The number of hydrogen-bond acceptors (Lipinski definition) is 4. The number of anilines is 1. The summed E-state index contributed by atoms with van der Waals surface area (Å²) in [5.41, 5.74) is 1.07. The predicted molar refractivity (Wildman–Crippen MR) is 72.3 cm³/mol. The highest BCUT2D eigenvalue weighted by atomic mass is 32.2. The Morgan fingerprint density at radius 1 is 1.30 bits per heavy atom. The van der Waals surface area contributed by atoms with Gasteiger partial charge in [-0.05, 0) is 31.5 Å². The number of nitrogens with zero attached hydrogens (tertiary/aromatic N) is 1. The van der Waals surface area contributed by atoms with Gasteiger partial charge in [-0.1, -0.05) is 6.07 Å². The first-order valence-corrected chi connectivity index (χ1v) is 7.17. The molecule has 1 aromatic heterocycles. The number of nitrogens with one attached hydrogen (secondary N) is 2. The monoisotopic (exact) mass is 295 g/mol. The maximum Gasteiger partial charge on any atom is 0.335 e. The minimum Gasteiger partial charge on any atom is -0.478 e. The topological polar surface area (TPSA) is 112 Å². The molecular formula is C12H13N3O4S. The number of hydrogen-bond donors (Lipinski definition) is 3. The van der Waals surface area contributed by atoms with Gasteiger partial charge in [-0.3, -0.25) is 9.82 Å². The van der Waals surface area contributed by atoms with Crippen LogP contribution in [0.15, 0.2) is 29.2 Å². The zero-order valence-corrected chi connectivity index (χ0v) is 11.7. The van der Waals surface area contributed by atoms with Crippen molar-refractivity contribution in [2.24, 2.45) is 0 Å². The molecule has 0 saturated heterocycles. The van der Waals surface area contributed by atoms with E-state index in [0.29, 0.717) is 11.3 Å². The summed E-state index contributed by atoms with van der Waals surface area (Å²) in [6.45, 7) is 3.33. The van der Waals surface area contributed by atoms with Gasteiger partial charge in [-0.25, -0.2) is 13.2 Å². The Labute approximate surface area is 115 Å². The van der Waals surface area contributed by atoms with Gasteiger partial charge in [0.2, 0.25) is 0 Å². The van der Waals surface area contributed by atoms with Crippen LogP contribution < -0.4 is 4.72 Å². The van der Waals surface area contributed by atoms with Crippen LogP contribution in [-0.4, -0.2) is 29.7 Å². The molecule has 0 unspecified atom stereocenters. The molecule has 7 nitrogen and oxygen atoms in total. The van der Waals surface area contributed by atoms with E-state index in [1.807, 2.05) is 0 Å². The van der Waals surface area contributed by atoms with E-state index in [1.54, 1.807) is 13.8 Å². The third-order valence-electron chi connectivity index (χ3n) is 2.67. The van der Waals surface area contributed by atoms with E-state index in [1.165, 1.54) is 18.2 Å². The van der Waals surface area contributed by atoms with Crippen LogP contribution in [0.4, 0.5) is 5.82 Å². The normalized spacial score (nSPS) is 11.3. The van der Waals surface area contributed by atoms with Crippen molar-refractivity contribution in [3.05, 3.63) is 41.1 Å². The van der Waals surface area contributed by atoms with Gasteiger partial charge in [0.1, 0.15) is 0 Å². The van der Waals surface area contributed by atoms with Crippen molar-refractivity contribution < 1.29 is 18.3 Å². The zero-order valence-electron chi connectivity index (χ0n) is 10.8. The molecule has 0 aliphatic carbocycles. The summed E-state index contributed by atoms with van der Waals surface area (Å²) in [5, 5.41) is 15.3. The molecule has 0 radical (unpaired) electrons. The molecule has 0 saturated carbocycles. The third kappa shape index (κ3) is 2.80. The van der Waals surface area contributed by atoms with Crippen LogP contribution in [-0.2, 0) is 10.0 Å². The van der Waals surface area contributed by atoms with Crippen LogP contribution in [0.5, 0.6) is 0 Å². The lowest BCUT2D eigenvalue weighted by Crippen LogP contribution is -2.15. The Balaban J connectivity index is 2.43. The van der Waals surface area contributed by atoms with E-state index < -0.39 is 16.0 Å². The average Bonchev–Trinajstić information content (AvgIpc) is 2.73. The molecule has 2 aromatic rings. The molecule has 2 rings (SSSR count). The van der Waals surface area contributed by atoms with Crippen LogP contribution in [0.1, 0.15) is 21.6 Å². The number of H-pyrrole nitrogens is 1. The SMILES string of the molecule is Cc1cc(NS(=O)(=O)c2cc(C(=O)O)ccc2C)n[nH]1. The van der Waals surface area contributed by atoms with Crippen molar-refractivity contribution in [3.63, 3.8) is 0 Å². The fraction of sp³-hybridized carbons (Fsp3) is 0.167. The second-order valence-corrected chi connectivity index (χ2v) is 5.98. The second-order valence-electron chi connectivity index (χ2n) is 4.33. The molecule has 3 N–H and O–H groups in total. The smallest absolute Gasteiger partial charge is 0.335 e. The van der Waals surface area contributed by atoms with E-state index in [-0.39, 0.29) is 16.3 Å². The van der Waals surface area contributed by atoms with E-state index in [0.717, 1.165) is 6.07 Å². The summed E-state index contributed by atoms with van der Waals surface area (Å²) < 4.78 is 26.8. The van der Waals surface area contributed by atoms with Crippen molar-refractivity contribution in [2.45, 2.75) is 18.7 Å². The van der Waals surface area contributed by atoms with Crippen LogP contribution >= 0.6 is 0 Å². The van der Waals surface area contributed by atoms with Crippen LogP contribution in [0.25, 0.3) is 0 Å². The fourth-order valence-electron chi connectivity index (χ4n) is 1.69. The Morgan fingerprint density at radius 3 is 2.55 bits per heavy atom. The molecule has 0 aliphatic heterocycles. The van der Waals surface area contributed by atoms with Gasteiger partial charge in [0, 0.05) is 11.8 Å². The number of aromatic nitrogens is 2. The van der Waals surface area contributed by atoms with Gasteiger partial charge < -0.3 is 5.11 Å². The highest BCUT2D eigenvalue weighted by Crippen LogP contribution is 2.20. The van der Waals surface area contributed by atoms with Crippen LogP contribution in [0, 0.1) is 13.8 Å². The lowest BCUT2D eigenvalue weighted by Gasteiger charge is -2.09. The molecule has 1 aromatic carbocycles. The molecule has 20 heavy (non-hydrogen) atoms. The summed E-state index contributed by atoms with van der Waals surface area (Å²) in [6, 6.07) is 5.47. The number of aryl methyl sites for hydroxylation is 2. The number of carboxylic acid groups (broad SMARTS) is 1. The van der Waals surface area contributed by atoms with Gasteiger partial charge in [-0.2, -0.15) is 5.10 Å². The van der Waals surface area contributed by atoms with Gasteiger partial charge in [0.15, 0.2) is 5.82 Å². The second kappa shape index (κ2) is 4.97. The van der Waals surface area contributed by atoms with Crippen molar-refractivity contribution >= 4 is 21.8 Å². The molecule has 0 fully saturated rings. The van der Waals surface area contributed by atoms with Gasteiger partial charge >= 0.3 is 5.97 Å². The zero-order chi connectivity index (χ0) is 14.9. The van der Waals surface area contributed by atoms with E-state index >= 15 is 0 Å². The molecule has 106 valence electrons. The number of sulfonamides is 1. The Hall–Kier alpha value is -2.35. The Kier molecular flexibility index (Phi) is 3.49. The summed E-state index contributed by atoms with van der Waals surface area (Å²) in [4.78, 5) is 10.8. The minimum absolute atomic E-state index is 0.0851. The number of benzene rings is 1. The number of carboxylic acids is 1. The van der Waals surface area contributed by atoms with Crippen molar-refractivity contribution in [2.75, 3.05) is 4.72 Å². The highest BCUT2D eigenvalue weighted by Gasteiger charge is 2.20. The van der Waals surface area contributed by atoms with E-state index in [9.17, 15) is 13.2 Å². The summed E-state index contributed by atoms with van der Waals surface area (Å²) in [5.74, 6) is -1.03. The first-order chi connectivity index (χ1) is 9.29. The number of carbonyl (C=O) groups is 1. The Bertz CT molecular complexity index is 765.